The molecule has 0 saturated carbocycles. The number of rotatable bonds is 0. The van der Waals surface area contributed by atoms with E-state index in [0.717, 1.165) is 34.2 Å². The maximum atomic E-state index is 12.7. The van der Waals surface area contributed by atoms with Crippen LogP contribution in [0.4, 0.5) is 0 Å². The summed E-state index contributed by atoms with van der Waals surface area (Å²) in [5.74, 6) is 0.229. The zero-order chi connectivity index (χ0) is 14.6. The van der Waals surface area contributed by atoms with Crippen molar-refractivity contribution in [2.45, 2.75) is 25.7 Å². The van der Waals surface area contributed by atoms with Gasteiger partial charge < -0.3 is 0 Å². The second-order valence-corrected chi connectivity index (χ2v) is 6.16. The molecule has 2 nitrogen and oxygen atoms in total. The van der Waals surface area contributed by atoms with Gasteiger partial charge in [-0.3, -0.25) is 9.59 Å². The Morgan fingerprint density at radius 3 is 2.57 bits per heavy atom. The Labute approximate surface area is 123 Å². The van der Waals surface area contributed by atoms with E-state index < -0.39 is 0 Å². The minimum absolute atomic E-state index is 0.114. The topological polar surface area (TPSA) is 34.1 Å². The molecule has 2 aromatic carbocycles. The molecule has 2 aliphatic carbocycles. The van der Waals surface area contributed by atoms with Crippen LogP contribution in [0.15, 0.2) is 42.5 Å². The molecule has 0 saturated heterocycles. The van der Waals surface area contributed by atoms with Crippen molar-refractivity contribution in [1.29, 1.82) is 0 Å². The van der Waals surface area contributed by atoms with Crippen molar-refractivity contribution in [1.82, 2.24) is 0 Å². The molecule has 0 N–H and O–H groups in total. The van der Waals surface area contributed by atoms with Gasteiger partial charge in [-0.1, -0.05) is 42.0 Å². The van der Waals surface area contributed by atoms with Crippen LogP contribution < -0.4 is 0 Å². The molecular formula is C19H16O2. The molecule has 0 fully saturated rings. The Morgan fingerprint density at radius 1 is 0.905 bits per heavy atom. The van der Waals surface area contributed by atoms with Crippen molar-refractivity contribution in [3.8, 4) is 0 Å². The van der Waals surface area contributed by atoms with Crippen molar-refractivity contribution in [2.75, 3.05) is 0 Å². The summed E-state index contributed by atoms with van der Waals surface area (Å²) in [6.07, 6.45) is 1.21. The molecule has 0 aromatic heterocycles. The van der Waals surface area contributed by atoms with E-state index in [1.807, 2.05) is 49.4 Å². The maximum absolute atomic E-state index is 12.7. The third kappa shape index (κ3) is 1.79. The van der Waals surface area contributed by atoms with Crippen LogP contribution in [0.25, 0.3) is 0 Å². The molecule has 0 aliphatic heterocycles. The van der Waals surface area contributed by atoms with E-state index in [9.17, 15) is 9.59 Å². The minimum atomic E-state index is -0.178. The lowest BCUT2D eigenvalue weighted by atomic mass is 9.65. The largest absolute Gasteiger partial charge is 0.294 e. The van der Waals surface area contributed by atoms with Gasteiger partial charge >= 0.3 is 0 Å². The standard InChI is InChI=1S/C19H16O2/c1-11-6-7-14-15-9-12-4-2-3-5-13(12)19(21)17(15)10-18(20)16(14)8-11/h2-8,15,17H,9-10H2,1H3. The summed E-state index contributed by atoms with van der Waals surface area (Å²) >= 11 is 0. The highest BCUT2D eigenvalue weighted by Gasteiger charge is 2.42. The molecule has 104 valence electrons. The normalized spacial score (nSPS) is 23.3. The first kappa shape index (κ1) is 12.5. The van der Waals surface area contributed by atoms with Crippen LogP contribution in [0.3, 0.4) is 0 Å². The second-order valence-electron chi connectivity index (χ2n) is 6.16. The van der Waals surface area contributed by atoms with Crippen molar-refractivity contribution in [2.24, 2.45) is 5.92 Å². The highest BCUT2D eigenvalue weighted by molar-refractivity contribution is 6.08. The average molecular weight is 276 g/mol. The molecule has 0 amide bonds. The van der Waals surface area contributed by atoms with Gasteiger partial charge in [-0.05, 0) is 36.5 Å². The molecule has 0 radical (unpaired) electrons. The number of benzene rings is 2. The van der Waals surface area contributed by atoms with Gasteiger partial charge in [0.15, 0.2) is 11.6 Å². The summed E-state index contributed by atoms with van der Waals surface area (Å²) in [7, 11) is 0. The molecule has 2 atom stereocenters. The quantitative estimate of drug-likeness (QED) is 0.735. The molecule has 0 spiro atoms. The number of fused-ring (bicyclic) bond motifs is 4. The smallest absolute Gasteiger partial charge is 0.167 e. The molecule has 2 unspecified atom stereocenters. The van der Waals surface area contributed by atoms with Crippen molar-refractivity contribution < 1.29 is 9.59 Å². The van der Waals surface area contributed by atoms with Crippen molar-refractivity contribution >= 4 is 11.6 Å². The number of carbonyl (C=O) groups is 2. The molecule has 2 heteroatoms. The Balaban J connectivity index is 1.88. The number of aryl methyl sites for hydroxylation is 1. The van der Waals surface area contributed by atoms with Gasteiger partial charge in [-0.2, -0.15) is 0 Å². The fourth-order valence-electron chi connectivity index (χ4n) is 3.81. The average Bonchev–Trinajstić information content (AvgIpc) is 2.49. The van der Waals surface area contributed by atoms with E-state index in [2.05, 4.69) is 0 Å². The molecular weight excluding hydrogens is 260 g/mol. The number of ketones is 2. The van der Waals surface area contributed by atoms with E-state index in [0.29, 0.717) is 6.42 Å². The molecule has 21 heavy (non-hydrogen) atoms. The summed E-state index contributed by atoms with van der Waals surface area (Å²) in [6.45, 7) is 2.00. The summed E-state index contributed by atoms with van der Waals surface area (Å²) in [6, 6.07) is 13.9. The lowest BCUT2D eigenvalue weighted by Crippen LogP contribution is -2.36. The van der Waals surface area contributed by atoms with Crippen LogP contribution in [0, 0.1) is 12.8 Å². The van der Waals surface area contributed by atoms with E-state index in [-0.39, 0.29) is 23.4 Å². The van der Waals surface area contributed by atoms with Crippen LogP contribution in [0.2, 0.25) is 0 Å². The highest BCUT2D eigenvalue weighted by atomic mass is 16.1. The highest BCUT2D eigenvalue weighted by Crippen LogP contribution is 2.44. The Morgan fingerprint density at radius 2 is 1.71 bits per heavy atom. The van der Waals surface area contributed by atoms with E-state index in [1.54, 1.807) is 0 Å². The Bertz CT molecular complexity index is 773. The molecule has 0 bridgehead atoms. The van der Waals surface area contributed by atoms with Crippen molar-refractivity contribution in [3.05, 3.63) is 70.3 Å². The van der Waals surface area contributed by atoms with Gasteiger partial charge in [0.25, 0.3) is 0 Å². The van der Waals surface area contributed by atoms with E-state index in [1.165, 1.54) is 0 Å². The van der Waals surface area contributed by atoms with E-state index >= 15 is 0 Å². The molecule has 2 aliphatic rings. The van der Waals surface area contributed by atoms with Crippen LogP contribution in [0.5, 0.6) is 0 Å². The fourth-order valence-corrected chi connectivity index (χ4v) is 3.81. The first-order valence-electron chi connectivity index (χ1n) is 7.41. The number of Topliss-reactive ketones (excluding diaryl/α,β-unsaturated/α-hetero) is 2. The zero-order valence-electron chi connectivity index (χ0n) is 11.9. The summed E-state index contributed by atoms with van der Waals surface area (Å²) < 4.78 is 0. The number of carbonyl (C=O) groups excluding carboxylic acids is 2. The van der Waals surface area contributed by atoms with E-state index in [4.69, 9.17) is 0 Å². The van der Waals surface area contributed by atoms with Gasteiger partial charge in [0.1, 0.15) is 0 Å². The molecule has 0 heterocycles. The minimum Gasteiger partial charge on any atom is -0.294 e. The second kappa shape index (κ2) is 4.39. The van der Waals surface area contributed by atoms with Crippen LogP contribution in [-0.4, -0.2) is 11.6 Å². The van der Waals surface area contributed by atoms with Crippen LogP contribution in [-0.2, 0) is 6.42 Å². The lowest BCUT2D eigenvalue weighted by Gasteiger charge is -2.36. The lowest BCUT2D eigenvalue weighted by molar-refractivity contribution is 0.0800. The molecule has 4 rings (SSSR count). The molecule has 2 aromatic rings. The predicted octanol–water partition coefficient (Wildman–Crippen LogP) is 3.72. The monoisotopic (exact) mass is 276 g/mol. The number of hydrogen-bond acceptors (Lipinski definition) is 2. The Kier molecular flexibility index (Phi) is 2.61. The number of hydrogen-bond donors (Lipinski definition) is 0. The summed E-state index contributed by atoms with van der Waals surface area (Å²) in [5, 5.41) is 0. The van der Waals surface area contributed by atoms with Crippen LogP contribution >= 0.6 is 0 Å². The fraction of sp³-hybridized carbons (Fsp3) is 0.263. The van der Waals surface area contributed by atoms with Gasteiger partial charge in [-0.25, -0.2) is 0 Å². The zero-order valence-corrected chi connectivity index (χ0v) is 11.9. The van der Waals surface area contributed by atoms with Gasteiger partial charge in [-0.15, -0.1) is 0 Å². The first-order valence-corrected chi connectivity index (χ1v) is 7.41. The SMILES string of the molecule is Cc1ccc2c(c1)C(=O)CC1C(=O)c3ccccc3CC21. The third-order valence-electron chi connectivity index (χ3n) is 4.86. The van der Waals surface area contributed by atoms with Gasteiger partial charge in [0.2, 0.25) is 0 Å². The first-order chi connectivity index (χ1) is 10.1. The van der Waals surface area contributed by atoms with Crippen LogP contribution in [0.1, 0.15) is 49.7 Å². The summed E-state index contributed by atoms with van der Waals surface area (Å²) in [5.41, 5.74) is 4.91. The maximum Gasteiger partial charge on any atom is 0.167 e. The Hall–Kier alpha value is -2.22. The van der Waals surface area contributed by atoms with Gasteiger partial charge in [0.05, 0.1) is 0 Å². The third-order valence-corrected chi connectivity index (χ3v) is 4.86. The van der Waals surface area contributed by atoms with Gasteiger partial charge in [0, 0.05) is 23.5 Å². The predicted molar refractivity (Wildman–Crippen MR) is 80.8 cm³/mol. The summed E-state index contributed by atoms with van der Waals surface area (Å²) in [4.78, 5) is 25.1. The van der Waals surface area contributed by atoms with Crippen molar-refractivity contribution in [3.63, 3.8) is 0 Å².